The quantitative estimate of drug-likeness (QED) is 0.318. The van der Waals surface area contributed by atoms with Crippen LogP contribution in [0.1, 0.15) is 85.0 Å². The van der Waals surface area contributed by atoms with Crippen LogP contribution >= 0.6 is 9.24 Å². The molecule has 3 atom stereocenters. The molecule has 0 aliphatic heterocycles. The van der Waals surface area contributed by atoms with E-state index in [1.165, 1.54) is 64.2 Å². The topological polar surface area (TPSA) is 0 Å². The first-order valence-corrected chi connectivity index (χ1v) is 8.12. The van der Waals surface area contributed by atoms with Crippen molar-refractivity contribution in [2.75, 3.05) is 0 Å². The lowest BCUT2D eigenvalue weighted by molar-refractivity contribution is 0.446. The molecule has 0 amide bonds. The maximum atomic E-state index is 2.98. The van der Waals surface area contributed by atoms with Crippen LogP contribution in [0.2, 0.25) is 0 Å². The fourth-order valence-electron chi connectivity index (χ4n) is 2.25. The SMILES string of the molecule is CCCCCCCCCC(C)CC(P)CC. The second kappa shape index (κ2) is 11.9. The Balaban J connectivity index is 3.18. The lowest BCUT2D eigenvalue weighted by Crippen LogP contribution is -2.04. The van der Waals surface area contributed by atoms with Crippen molar-refractivity contribution in [1.29, 1.82) is 0 Å². The molecule has 98 valence electrons. The molecule has 3 unspecified atom stereocenters. The molecule has 0 nitrogen and oxygen atoms in total. The lowest BCUT2D eigenvalue weighted by atomic mass is 9.96. The molecule has 0 aliphatic rings. The molecular formula is C15H33P. The van der Waals surface area contributed by atoms with Gasteiger partial charge in [-0.3, -0.25) is 0 Å². The third-order valence-electron chi connectivity index (χ3n) is 3.53. The third-order valence-corrected chi connectivity index (χ3v) is 4.27. The predicted molar refractivity (Wildman–Crippen MR) is 80.2 cm³/mol. The van der Waals surface area contributed by atoms with Crippen LogP contribution in [-0.2, 0) is 0 Å². The predicted octanol–water partition coefficient (Wildman–Crippen LogP) is 5.81. The molecule has 0 aromatic rings. The minimum Gasteiger partial charge on any atom is -0.134 e. The van der Waals surface area contributed by atoms with E-state index >= 15 is 0 Å². The van der Waals surface area contributed by atoms with Gasteiger partial charge in [0.15, 0.2) is 0 Å². The van der Waals surface area contributed by atoms with Gasteiger partial charge in [-0.25, -0.2) is 0 Å². The summed E-state index contributed by atoms with van der Waals surface area (Å²) in [5.74, 6) is 0.929. The van der Waals surface area contributed by atoms with Crippen LogP contribution in [0.5, 0.6) is 0 Å². The number of rotatable bonds is 11. The average Bonchev–Trinajstić information content (AvgIpc) is 2.27. The molecule has 0 N–H and O–H groups in total. The van der Waals surface area contributed by atoms with Gasteiger partial charge in [-0.2, -0.15) is 0 Å². The zero-order chi connectivity index (χ0) is 12.2. The summed E-state index contributed by atoms with van der Waals surface area (Å²) in [5, 5.41) is 0. The van der Waals surface area contributed by atoms with Crippen LogP contribution in [-0.4, -0.2) is 5.66 Å². The van der Waals surface area contributed by atoms with E-state index in [0.29, 0.717) is 0 Å². The van der Waals surface area contributed by atoms with Crippen molar-refractivity contribution in [2.45, 2.75) is 90.6 Å². The van der Waals surface area contributed by atoms with Crippen molar-refractivity contribution in [2.24, 2.45) is 5.92 Å². The van der Waals surface area contributed by atoms with E-state index < -0.39 is 0 Å². The van der Waals surface area contributed by atoms with Gasteiger partial charge < -0.3 is 0 Å². The van der Waals surface area contributed by atoms with E-state index in [1.807, 2.05) is 0 Å². The van der Waals surface area contributed by atoms with Crippen LogP contribution < -0.4 is 0 Å². The molecule has 0 aromatic heterocycles. The van der Waals surface area contributed by atoms with Crippen LogP contribution in [0.3, 0.4) is 0 Å². The summed E-state index contributed by atoms with van der Waals surface area (Å²) in [6, 6.07) is 0. The Bertz CT molecular complexity index is 133. The molecule has 0 rings (SSSR count). The van der Waals surface area contributed by atoms with Crippen LogP contribution in [0.25, 0.3) is 0 Å². The zero-order valence-electron chi connectivity index (χ0n) is 11.8. The number of unbranched alkanes of at least 4 members (excludes halogenated alkanes) is 6. The van der Waals surface area contributed by atoms with Crippen molar-refractivity contribution >= 4 is 9.24 Å². The van der Waals surface area contributed by atoms with E-state index in [2.05, 4.69) is 30.0 Å². The highest BCUT2D eigenvalue weighted by Crippen LogP contribution is 2.21. The van der Waals surface area contributed by atoms with Crippen molar-refractivity contribution < 1.29 is 0 Å². The highest BCUT2D eigenvalue weighted by atomic mass is 31.0. The minimum atomic E-state index is 0.847. The Labute approximate surface area is 106 Å². The molecule has 0 heterocycles. The van der Waals surface area contributed by atoms with Crippen molar-refractivity contribution in [3.8, 4) is 0 Å². The van der Waals surface area contributed by atoms with E-state index in [4.69, 9.17) is 0 Å². The number of hydrogen-bond acceptors (Lipinski definition) is 0. The molecular weight excluding hydrogens is 211 g/mol. The van der Waals surface area contributed by atoms with E-state index in [9.17, 15) is 0 Å². The first-order valence-electron chi connectivity index (χ1n) is 7.46. The fourth-order valence-corrected chi connectivity index (χ4v) is 2.72. The lowest BCUT2D eigenvalue weighted by Gasteiger charge is -2.15. The maximum Gasteiger partial charge on any atom is -0.0264 e. The first-order chi connectivity index (χ1) is 7.70. The Morgan fingerprint density at radius 1 is 0.875 bits per heavy atom. The molecule has 0 saturated carbocycles. The molecule has 0 bridgehead atoms. The van der Waals surface area contributed by atoms with Crippen molar-refractivity contribution in [3.63, 3.8) is 0 Å². The molecule has 0 aliphatic carbocycles. The van der Waals surface area contributed by atoms with Gasteiger partial charge in [0, 0.05) is 0 Å². The maximum absolute atomic E-state index is 2.98. The van der Waals surface area contributed by atoms with Gasteiger partial charge in [-0.15, -0.1) is 9.24 Å². The smallest absolute Gasteiger partial charge is 0.0264 e. The Morgan fingerprint density at radius 3 is 2.00 bits per heavy atom. The summed E-state index contributed by atoms with van der Waals surface area (Å²) in [6.45, 7) is 7.00. The standard InChI is InChI=1S/C15H33P/c1-4-6-7-8-9-10-11-12-14(3)13-15(16)5-2/h14-15H,4-13,16H2,1-3H3. The van der Waals surface area contributed by atoms with Gasteiger partial charge in [0.25, 0.3) is 0 Å². The Kier molecular flexibility index (Phi) is 12.2. The highest BCUT2D eigenvalue weighted by molar-refractivity contribution is 7.17. The van der Waals surface area contributed by atoms with Crippen LogP contribution in [0.15, 0.2) is 0 Å². The highest BCUT2D eigenvalue weighted by Gasteiger charge is 2.06. The van der Waals surface area contributed by atoms with Gasteiger partial charge in [0.05, 0.1) is 0 Å². The van der Waals surface area contributed by atoms with Gasteiger partial charge in [-0.05, 0) is 24.4 Å². The summed E-state index contributed by atoms with van der Waals surface area (Å²) >= 11 is 0. The van der Waals surface area contributed by atoms with Gasteiger partial charge in [0.1, 0.15) is 0 Å². The van der Waals surface area contributed by atoms with Gasteiger partial charge in [0.2, 0.25) is 0 Å². The second-order valence-corrected chi connectivity index (χ2v) is 6.36. The number of hydrogen-bond donors (Lipinski definition) is 0. The van der Waals surface area contributed by atoms with E-state index in [-0.39, 0.29) is 0 Å². The normalized spacial score (nSPS) is 15.0. The largest absolute Gasteiger partial charge is 0.134 e. The Hall–Kier alpha value is 0.430. The van der Waals surface area contributed by atoms with Crippen LogP contribution in [0, 0.1) is 5.92 Å². The fraction of sp³-hybridized carbons (Fsp3) is 1.00. The molecule has 0 radical (unpaired) electrons. The average molecular weight is 244 g/mol. The second-order valence-electron chi connectivity index (χ2n) is 5.42. The summed E-state index contributed by atoms with van der Waals surface area (Å²) in [7, 11) is 2.98. The van der Waals surface area contributed by atoms with E-state index in [1.54, 1.807) is 0 Å². The third kappa shape index (κ3) is 10.9. The van der Waals surface area contributed by atoms with E-state index in [0.717, 1.165) is 11.6 Å². The monoisotopic (exact) mass is 244 g/mol. The molecule has 0 saturated heterocycles. The van der Waals surface area contributed by atoms with Crippen LogP contribution in [0.4, 0.5) is 0 Å². The summed E-state index contributed by atoms with van der Waals surface area (Å²) in [5.41, 5.74) is 0.847. The minimum absolute atomic E-state index is 0.847. The van der Waals surface area contributed by atoms with Crippen molar-refractivity contribution in [1.82, 2.24) is 0 Å². The molecule has 0 spiro atoms. The summed E-state index contributed by atoms with van der Waals surface area (Å²) in [6.07, 6.45) is 14.2. The molecule has 1 heteroatoms. The summed E-state index contributed by atoms with van der Waals surface area (Å²) in [4.78, 5) is 0. The summed E-state index contributed by atoms with van der Waals surface area (Å²) < 4.78 is 0. The molecule has 0 aromatic carbocycles. The molecule has 0 fully saturated rings. The first kappa shape index (κ1) is 16.4. The molecule has 16 heavy (non-hydrogen) atoms. The van der Waals surface area contributed by atoms with Crippen molar-refractivity contribution in [3.05, 3.63) is 0 Å². The van der Waals surface area contributed by atoms with Gasteiger partial charge in [-0.1, -0.05) is 72.1 Å². The zero-order valence-corrected chi connectivity index (χ0v) is 13.0. The van der Waals surface area contributed by atoms with Gasteiger partial charge >= 0.3 is 0 Å². The Morgan fingerprint density at radius 2 is 1.44 bits per heavy atom.